The largest absolute Gasteiger partial charge is 0.497 e. The molecule has 0 atom stereocenters. The number of anilines is 2. The van der Waals surface area contributed by atoms with Crippen molar-refractivity contribution in [2.75, 3.05) is 50.1 Å². The van der Waals surface area contributed by atoms with E-state index in [4.69, 9.17) is 4.74 Å². The van der Waals surface area contributed by atoms with E-state index in [0.29, 0.717) is 48.7 Å². The number of benzene rings is 4. The zero-order valence-electron chi connectivity index (χ0n) is 24.2. The van der Waals surface area contributed by atoms with E-state index in [1.807, 2.05) is 17.0 Å². The highest BCUT2D eigenvalue weighted by atomic mass is 32.2. The SMILES string of the molecule is COc1ccc(C(=O)N2CCN(c3ccc(NC(=O)CN(Cc4ccc(F)cc4)S(=O)(=O)c4ccccc4)cc3)CC2)cc1. The van der Waals surface area contributed by atoms with Crippen LogP contribution in [0.25, 0.3) is 0 Å². The Morgan fingerprint density at radius 1 is 0.841 bits per heavy atom. The lowest BCUT2D eigenvalue weighted by molar-refractivity contribution is -0.116. The molecule has 1 aliphatic rings. The Bertz CT molecular complexity index is 1680. The number of carbonyl (C=O) groups is 2. The van der Waals surface area contributed by atoms with Gasteiger partial charge in [-0.15, -0.1) is 0 Å². The molecule has 4 aromatic carbocycles. The molecule has 0 aromatic heterocycles. The van der Waals surface area contributed by atoms with Crippen LogP contribution in [0.1, 0.15) is 15.9 Å². The predicted molar refractivity (Wildman–Crippen MR) is 167 cm³/mol. The van der Waals surface area contributed by atoms with Crippen LogP contribution in [-0.2, 0) is 21.4 Å². The number of hydrogen-bond acceptors (Lipinski definition) is 6. The van der Waals surface area contributed by atoms with Crippen molar-refractivity contribution in [1.29, 1.82) is 0 Å². The maximum absolute atomic E-state index is 13.4. The van der Waals surface area contributed by atoms with Gasteiger partial charge in [-0.3, -0.25) is 9.59 Å². The number of rotatable bonds is 10. The van der Waals surface area contributed by atoms with Crippen LogP contribution in [0, 0.1) is 5.82 Å². The van der Waals surface area contributed by atoms with Crippen LogP contribution in [0.4, 0.5) is 15.8 Å². The van der Waals surface area contributed by atoms with E-state index >= 15 is 0 Å². The summed E-state index contributed by atoms with van der Waals surface area (Å²) in [6, 6.07) is 27.7. The van der Waals surface area contributed by atoms with Crippen LogP contribution in [0.2, 0.25) is 0 Å². The molecule has 9 nitrogen and oxygen atoms in total. The van der Waals surface area contributed by atoms with Crippen molar-refractivity contribution in [3.05, 3.63) is 120 Å². The van der Waals surface area contributed by atoms with Crippen LogP contribution in [-0.4, -0.2) is 69.3 Å². The molecular weight excluding hydrogens is 583 g/mol. The first-order valence-electron chi connectivity index (χ1n) is 14.1. The summed E-state index contributed by atoms with van der Waals surface area (Å²) in [5.41, 5.74) is 2.64. The smallest absolute Gasteiger partial charge is 0.253 e. The number of sulfonamides is 1. The van der Waals surface area contributed by atoms with Gasteiger partial charge in [-0.2, -0.15) is 4.31 Å². The number of nitrogens with one attached hydrogen (secondary N) is 1. The van der Waals surface area contributed by atoms with Crippen molar-refractivity contribution in [2.45, 2.75) is 11.4 Å². The summed E-state index contributed by atoms with van der Waals surface area (Å²) in [7, 11) is -2.43. The summed E-state index contributed by atoms with van der Waals surface area (Å²) >= 11 is 0. The van der Waals surface area contributed by atoms with Gasteiger partial charge in [0, 0.05) is 49.7 Å². The van der Waals surface area contributed by atoms with Gasteiger partial charge in [0.1, 0.15) is 11.6 Å². The lowest BCUT2D eigenvalue weighted by atomic mass is 10.1. The van der Waals surface area contributed by atoms with Gasteiger partial charge in [-0.25, -0.2) is 12.8 Å². The van der Waals surface area contributed by atoms with Crippen LogP contribution in [0.5, 0.6) is 5.75 Å². The van der Waals surface area contributed by atoms with E-state index < -0.39 is 28.3 Å². The van der Waals surface area contributed by atoms with Gasteiger partial charge in [0.2, 0.25) is 15.9 Å². The van der Waals surface area contributed by atoms with E-state index in [0.717, 1.165) is 9.99 Å². The first-order valence-corrected chi connectivity index (χ1v) is 15.5. The first-order chi connectivity index (χ1) is 21.2. The number of amides is 2. The quantitative estimate of drug-likeness (QED) is 0.279. The molecule has 1 heterocycles. The number of halogens is 1. The monoisotopic (exact) mass is 616 g/mol. The molecule has 1 saturated heterocycles. The topological polar surface area (TPSA) is 99.3 Å². The number of hydrogen-bond donors (Lipinski definition) is 1. The molecule has 0 unspecified atom stereocenters. The van der Waals surface area contributed by atoms with E-state index in [2.05, 4.69) is 10.2 Å². The molecular formula is C33H33FN4O5S. The fourth-order valence-electron chi connectivity index (χ4n) is 4.96. The van der Waals surface area contributed by atoms with Gasteiger partial charge in [-0.05, 0) is 78.4 Å². The highest BCUT2D eigenvalue weighted by Gasteiger charge is 2.27. The molecule has 5 rings (SSSR count). The Hall–Kier alpha value is -4.74. The summed E-state index contributed by atoms with van der Waals surface area (Å²) in [6.45, 7) is 1.93. The van der Waals surface area contributed by atoms with Crippen molar-refractivity contribution in [3.8, 4) is 5.75 Å². The third-order valence-electron chi connectivity index (χ3n) is 7.39. The van der Waals surface area contributed by atoms with Gasteiger partial charge in [0.05, 0.1) is 18.6 Å². The van der Waals surface area contributed by atoms with Gasteiger partial charge in [-0.1, -0.05) is 30.3 Å². The fraction of sp³-hybridized carbons (Fsp3) is 0.212. The van der Waals surface area contributed by atoms with E-state index in [-0.39, 0.29) is 17.3 Å². The minimum absolute atomic E-state index is 0.0203. The van der Waals surface area contributed by atoms with Gasteiger partial charge < -0.3 is 19.9 Å². The summed E-state index contributed by atoms with van der Waals surface area (Å²) in [5, 5.41) is 2.78. The molecule has 0 radical (unpaired) electrons. The van der Waals surface area contributed by atoms with E-state index in [1.165, 1.54) is 36.4 Å². The number of carbonyl (C=O) groups excluding carboxylic acids is 2. The van der Waals surface area contributed by atoms with Gasteiger partial charge >= 0.3 is 0 Å². The van der Waals surface area contributed by atoms with Crippen LogP contribution < -0.4 is 15.0 Å². The molecule has 1 aliphatic heterocycles. The lowest BCUT2D eigenvalue weighted by Crippen LogP contribution is -2.48. The second-order valence-electron chi connectivity index (χ2n) is 10.3. The van der Waals surface area contributed by atoms with Crippen LogP contribution >= 0.6 is 0 Å². The summed E-state index contributed by atoms with van der Waals surface area (Å²) in [5.74, 6) is -0.264. The molecule has 0 aliphatic carbocycles. The van der Waals surface area contributed by atoms with E-state index in [1.54, 1.807) is 61.7 Å². The van der Waals surface area contributed by atoms with E-state index in [9.17, 15) is 22.4 Å². The van der Waals surface area contributed by atoms with Gasteiger partial charge in [0.15, 0.2) is 0 Å². The summed E-state index contributed by atoms with van der Waals surface area (Å²) in [4.78, 5) is 30.0. The summed E-state index contributed by atoms with van der Waals surface area (Å²) in [6.07, 6.45) is 0. The zero-order chi connectivity index (χ0) is 31.1. The Balaban J connectivity index is 1.19. The summed E-state index contributed by atoms with van der Waals surface area (Å²) < 4.78 is 46.5. The third kappa shape index (κ3) is 7.42. The standard InChI is InChI=1S/C33H33FN4O5S/c1-43-30-17-9-26(10-18-30)33(40)37-21-19-36(20-22-37)29-15-13-28(14-16-29)35-32(39)24-38(23-25-7-11-27(34)12-8-25)44(41,42)31-5-3-2-4-6-31/h2-18H,19-24H2,1H3,(H,35,39). The van der Waals surface area contributed by atoms with Crippen molar-refractivity contribution in [1.82, 2.24) is 9.21 Å². The van der Waals surface area contributed by atoms with Crippen LogP contribution in [0.15, 0.2) is 108 Å². The first kappa shape index (κ1) is 30.7. The molecule has 1 N–H and O–H groups in total. The average Bonchev–Trinajstić information content (AvgIpc) is 3.06. The predicted octanol–water partition coefficient (Wildman–Crippen LogP) is 4.63. The Kier molecular flexibility index (Phi) is 9.56. The Morgan fingerprint density at radius 2 is 1.48 bits per heavy atom. The molecule has 1 fully saturated rings. The number of nitrogens with zero attached hydrogens (tertiary/aromatic N) is 3. The normalized spacial score (nSPS) is 13.5. The molecule has 44 heavy (non-hydrogen) atoms. The Morgan fingerprint density at radius 3 is 2.09 bits per heavy atom. The number of methoxy groups -OCH3 is 1. The van der Waals surface area contributed by atoms with Crippen molar-refractivity contribution in [3.63, 3.8) is 0 Å². The maximum atomic E-state index is 13.4. The third-order valence-corrected chi connectivity index (χ3v) is 9.20. The molecule has 4 aromatic rings. The maximum Gasteiger partial charge on any atom is 0.253 e. The second kappa shape index (κ2) is 13.7. The fourth-order valence-corrected chi connectivity index (χ4v) is 6.37. The van der Waals surface area contributed by atoms with Gasteiger partial charge in [0.25, 0.3) is 5.91 Å². The molecule has 0 bridgehead atoms. The van der Waals surface area contributed by atoms with Crippen molar-refractivity contribution >= 4 is 33.2 Å². The number of ether oxygens (including phenoxy) is 1. The Labute approximate surface area is 256 Å². The minimum atomic E-state index is -4.01. The lowest BCUT2D eigenvalue weighted by Gasteiger charge is -2.36. The van der Waals surface area contributed by atoms with Crippen molar-refractivity contribution < 1.29 is 27.1 Å². The second-order valence-corrected chi connectivity index (χ2v) is 12.3. The zero-order valence-corrected chi connectivity index (χ0v) is 25.0. The molecule has 0 saturated carbocycles. The molecule has 11 heteroatoms. The van der Waals surface area contributed by atoms with Crippen LogP contribution in [0.3, 0.4) is 0 Å². The molecule has 0 spiro atoms. The highest BCUT2D eigenvalue weighted by molar-refractivity contribution is 7.89. The molecule has 228 valence electrons. The minimum Gasteiger partial charge on any atom is -0.497 e. The van der Waals surface area contributed by atoms with Crippen molar-refractivity contribution in [2.24, 2.45) is 0 Å². The average molecular weight is 617 g/mol. The highest BCUT2D eigenvalue weighted by Crippen LogP contribution is 2.22. The number of piperazine rings is 1. The molecule has 2 amide bonds.